The molecule has 3 nitrogen and oxygen atoms in total. The molecule has 1 atom stereocenters. The van der Waals surface area contributed by atoms with Crippen LogP contribution < -0.4 is 5.32 Å². The Morgan fingerprint density at radius 2 is 2.05 bits per heavy atom. The average molecular weight is 279 g/mol. The number of methoxy groups -OCH3 is 1. The van der Waals surface area contributed by atoms with E-state index in [1.165, 1.54) is 0 Å². The molecule has 0 saturated heterocycles. The van der Waals surface area contributed by atoms with Crippen LogP contribution in [0.2, 0.25) is 0 Å². The van der Waals surface area contributed by atoms with Crippen LogP contribution in [0.5, 0.6) is 0 Å². The highest BCUT2D eigenvalue weighted by molar-refractivity contribution is 5.82. The van der Waals surface area contributed by atoms with E-state index in [-0.39, 0.29) is 5.56 Å². The van der Waals surface area contributed by atoms with Crippen molar-refractivity contribution < 1.29 is 27.1 Å². The minimum absolute atomic E-state index is 0.389. The molecule has 106 valence electrons. The Kier molecular flexibility index (Phi) is 4.88. The highest BCUT2D eigenvalue weighted by Crippen LogP contribution is 2.26. The summed E-state index contributed by atoms with van der Waals surface area (Å²) in [5, 5.41) is 2.20. The summed E-state index contributed by atoms with van der Waals surface area (Å²) in [7, 11) is 1.03. The van der Waals surface area contributed by atoms with Crippen molar-refractivity contribution in [2.24, 2.45) is 0 Å². The minimum Gasteiger partial charge on any atom is -0.467 e. The normalized spacial score (nSPS) is 14.3. The fourth-order valence-electron chi connectivity index (χ4n) is 1.64. The molecule has 0 fully saturated rings. The Morgan fingerprint density at radius 3 is 2.58 bits per heavy atom. The van der Waals surface area contributed by atoms with Crippen molar-refractivity contribution in [2.45, 2.75) is 18.9 Å². The molecule has 0 aliphatic heterocycles. The van der Waals surface area contributed by atoms with Crippen LogP contribution in [0.15, 0.2) is 18.2 Å². The van der Waals surface area contributed by atoms with Gasteiger partial charge in [0.15, 0.2) is 0 Å². The molecule has 0 heterocycles. The van der Waals surface area contributed by atoms with Crippen molar-refractivity contribution in [3.63, 3.8) is 0 Å². The van der Waals surface area contributed by atoms with Crippen LogP contribution in [0.1, 0.15) is 12.5 Å². The maximum Gasteiger partial charge on any atom is 0.330 e. The van der Waals surface area contributed by atoms with Crippen LogP contribution >= 0.6 is 0 Å². The molecule has 0 aromatic heterocycles. The van der Waals surface area contributed by atoms with Gasteiger partial charge in [-0.25, -0.2) is 22.4 Å². The number of halogens is 4. The van der Waals surface area contributed by atoms with Crippen LogP contribution in [0.4, 0.5) is 17.6 Å². The Labute approximate surface area is 107 Å². The molecule has 0 radical (unpaired) electrons. The molecule has 1 N–H and O–H groups in total. The van der Waals surface area contributed by atoms with Gasteiger partial charge in [-0.1, -0.05) is 0 Å². The van der Waals surface area contributed by atoms with Gasteiger partial charge in [0.1, 0.15) is 17.2 Å². The largest absolute Gasteiger partial charge is 0.467 e. The molecule has 0 saturated carbocycles. The summed E-state index contributed by atoms with van der Waals surface area (Å²) in [6.07, 6.45) is -2.75. The van der Waals surface area contributed by atoms with Gasteiger partial charge in [0, 0.05) is 5.56 Å². The van der Waals surface area contributed by atoms with Crippen molar-refractivity contribution in [2.75, 3.05) is 13.7 Å². The smallest absolute Gasteiger partial charge is 0.330 e. The number of hydrogen-bond donors (Lipinski definition) is 1. The van der Waals surface area contributed by atoms with E-state index >= 15 is 0 Å². The number of hydrogen-bond acceptors (Lipinski definition) is 3. The van der Waals surface area contributed by atoms with Gasteiger partial charge in [0.25, 0.3) is 6.43 Å². The second kappa shape index (κ2) is 6.01. The van der Waals surface area contributed by atoms with E-state index in [0.29, 0.717) is 0 Å². The van der Waals surface area contributed by atoms with Crippen LogP contribution in [0.3, 0.4) is 0 Å². The molecule has 1 rings (SSSR count). The first-order valence-electron chi connectivity index (χ1n) is 5.38. The summed E-state index contributed by atoms with van der Waals surface area (Å²) in [6, 6.07) is 2.45. The maximum absolute atomic E-state index is 13.7. The number of alkyl halides is 2. The third-order valence-electron chi connectivity index (χ3n) is 2.67. The summed E-state index contributed by atoms with van der Waals surface area (Å²) in [4.78, 5) is 11.7. The Bertz CT molecular complexity index is 467. The monoisotopic (exact) mass is 279 g/mol. The standard InChI is InChI=1S/C12H13F4NO2/c1-12(11(18)19-2,17-6-10(15)16)8-5-7(13)3-4-9(8)14/h3-5,10,17H,6H2,1-2H3. The number of benzene rings is 1. The molecule has 0 aliphatic rings. The zero-order valence-electron chi connectivity index (χ0n) is 10.3. The number of carbonyl (C=O) groups is 1. The SMILES string of the molecule is COC(=O)C(C)(NCC(F)F)c1cc(F)ccc1F. The number of ether oxygens (including phenoxy) is 1. The lowest BCUT2D eigenvalue weighted by atomic mass is 9.91. The molecule has 0 bridgehead atoms. The second-order valence-corrected chi connectivity index (χ2v) is 4.01. The van der Waals surface area contributed by atoms with Crippen LogP contribution in [-0.4, -0.2) is 26.0 Å². The lowest BCUT2D eigenvalue weighted by molar-refractivity contribution is -0.148. The van der Waals surface area contributed by atoms with Gasteiger partial charge in [-0.15, -0.1) is 0 Å². The third-order valence-corrected chi connectivity index (χ3v) is 2.67. The predicted molar refractivity (Wildman–Crippen MR) is 59.7 cm³/mol. The first-order chi connectivity index (χ1) is 8.81. The maximum atomic E-state index is 13.7. The molecule has 19 heavy (non-hydrogen) atoms. The molecular formula is C12H13F4NO2. The highest BCUT2D eigenvalue weighted by atomic mass is 19.3. The van der Waals surface area contributed by atoms with Crippen LogP contribution in [-0.2, 0) is 15.1 Å². The zero-order valence-corrected chi connectivity index (χ0v) is 10.3. The first-order valence-corrected chi connectivity index (χ1v) is 5.38. The highest BCUT2D eigenvalue weighted by Gasteiger charge is 2.39. The van der Waals surface area contributed by atoms with Crippen molar-refractivity contribution in [1.82, 2.24) is 5.32 Å². The van der Waals surface area contributed by atoms with E-state index in [2.05, 4.69) is 10.1 Å². The van der Waals surface area contributed by atoms with Gasteiger partial charge in [-0.05, 0) is 25.1 Å². The predicted octanol–water partition coefficient (Wildman–Crippen LogP) is 2.21. The van der Waals surface area contributed by atoms with Gasteiger partial charge in [0.2, 0.25) is 0 Å². The quantitative estimate of drug-likeness (QED) is 0.663. The van der Waals surface area contributed by atoms with E-state index in [1.807, 2.05) is 0 Å². The van der Waals surface area contributed by atoms with E-state index in [9.17, 15) is 22.4 Å². The third kappa shape index (κ3) is 3.44. The Balaban J connectivity index is 3.22. The Hall–Kier alpha value is -1.63. The molecule has 1 unspecified atom stereocenters. The molecule has 0 amide bonds. The molecule has 0 aliphatic carbocycles. The lowest BCUT2D eigenvalue weighted by Gasteiger charge is -2.28. The fraction of sp³-hybridized carbons (Fsp3) is 0.417. The number of carbonyl (C=O) groups excluding carboxylic acids is 1. The summed E-state index contributed by atoms with van der Waals surface area (Å²) >= 11 is 0. The summed E-state index contributed by atoms with van der Waals surface area (Å²) in [6.45, 7) is 0.292. The molecule has 1 aromatic rings. The van der Waals surface area contributed by atoms with Crippen molar-refractivity contribution >= 4 is 5.97 Å². The molecule has 7 heteroatoms. The lowest BCUT2D eigenvalue weighted by Crippen LogP contribution is -2.49. The van der Waals surface area contributed by atoms with E-state index < -0.39 is 36.1 Å². The number of rotatable bonds is 5. The Morgan fingerprint density at radius 1 is 1.42 bits per heavy atom. The molecule has 1 aromatic carbocycles. The minimum atomic E-state index is -2.75. The summed E-state index contributed by atoms with van der Waals surface area (Å²) < 4.78 is 55.8. The van der Waals surface area contributed by atoms with Gasteiger partial charge < -0.3 is 4.74 Å². The molecular weight excluding hydrogens is 266 g/mol. The van der Waals surface area contributed by atoms with Gasteiger partial charge in [0.05, 0.1) is 13.7 Å². The number of esters is 1. The van der Waals surface area contributed by atoms with Crippen LogP contribution in [0, 0.1) is 11.6 Å². The van der Waals surface area contributed by atoms with Crippen molar-refractivity contribution in [1.29, 1.82) is 0 Å². The van der Waals surface area contributed by atoms with Crippen molar-refractivity contribution in [3.05, 3.63) is 35.4 Å². The van der Waals surface area contributed by atoms with E-state index in [1.54, 1.807) is 0 Å². The van der Waals surface area contributed by atoms with Gasteiger partial charge in [-0.3, -0.25) is 5.32 Å². The van der Waals surface area contributed by atoms with Crippen molar-refractivity contribution in [3.8, 4) is 0 Å². The summed E-state index contributed by atoms with van der Waals surface area (Å²) in [5.41, 5.74) is -2.28. The second-order valence-electron chi connectivity index (χ2n) is 4.01. The van der Waals surface area contributed by atoms with Gasteiger partial charge >= 0.3 is 5.97 Å². The van der Waals surface area contributed by atoms with E-state index in [4.69, 9.17) is 0 Å². The average Bonchev–Trinajstić information content (AvgIpc) is 2.37. The van der Waals surface area contributed by atoms with Gasteiger partial charge in [-0.2, -0.15) is 0 Å². The zero-order chi connectivity index (χ0) is 14.6. The topological polar surface area (TPSA) is 38.3 Å². The summed E-state index contributed by atoms with van der Waals surface area (Å²) in [5.74, 6) is -2.67. The molecule has 0 spiro atoms. The fourth-order valence-corrected chi connectivity index (χ4v) is 1.64. The first kappa shape index (κ1) is 15.4. The van der Waals surface area contributed by atoms with E-state index in [0.717, 1.165) is 32.2 Å². The van der Waals surface area contributed by atoms with Crippen LogP contribution in [0.25, 0.3) is 0 Å². The number of nitrogens with one attached hydrogen (secondary N) is 1.